The average Bonchev–Trinajstić information content (AvgIpc) is 3.24. The van der Waals surface area contributed by atoms with Crippen LogP contribution in [-0.2, 0) is 0 Å². The quantitative estimate of drug-likeness (QED) is 0.576. The SMILES string of the molecule is Cc1ncn(-c2ccc(N3C4=C(CNCC4c4ccccc4)C(N)N(C)C3N)cc2F)n1. The van der Waals surface area contributed by atoms with Crippen LogP contribution < -0.4 is 21.7 Å². The van der Waals surface area contributed by atoms with Gasteiger partial charge in [0.1, 0.15) is 24.1 Å². The first-order valence-corrected chi connectivity index (χ1v) is 10.6. The van der Waals surface area contributed by atoms with Gasteiger partial charge >= 0.3 is 0 Å². The number of rotatable bonds is 3. The van der Waals surface area contributed by atoms with Crippen LogP contribution in [0.5, 0.6) is 0 Å². The topological polar surface area (TPSA) is 101 Å². The highest BCUT2D eigenvalue weighted by atomic mass is 19.1. The summed E-state index contributed by atoms with van der Waals surface area (Å²) in [4.78, 5) is 8.01. The Kier molecular flexibility index (Phi) is 5.26. The van der Waals surface area contributed by atoms with Crippen molar-refractivity contribution in [2.24, 2.45) is 11.5 Å². The van der Waals surface area contributed by atoms with Crippen LogP contribution in [0.15, 0.2) is 66.1 Å². The predicted molar refractivity (Wildman–Crippen MR) is 121 cm³/mol. The number of nitrogens with one attached hydrogen (secondary N) is 1. The smallest absolute Gasteiger partial charge is 0.150 e. The number of hydrogen-bond acceptors (Lipinski definition) is 7. The molecule has 0 saturated heterocycles. The van der Waals surface area contributed by atoms with Gasteiger partial charge in [-0.3, -0.25) is 10.6 Å². The number of nitrogens with zero attached hydrogens (tertiary/aromatic N) is 5. The minimum atomic E-state index is -0.535. The summed E-state index contributed by atoms with van der Waals surface area (Å²) in [7, 11) is 1.89. The van der Waals surface area contributed by atoms with Crippen molar-refractivity contribution in [3.63, 3.8) is 0 Å². The van der Waals surface area contributed by atoms with E-state index in [4.69, 9.17) is 11.5 Å². The molecular weight excluding hydrogens is 407 g/mol. The maximum atomic E-state index is 15.2. The van der Waals surface area contributed by atoms with Gasteiger partial charge in [0.25, 0.3) is 0 Å². The fourth-order valence-corrected chi connectivity index (χ4v) is 4.62. The third-order valence-corrected chi connectivity index (χ3v) is 6.32. The molecule has 5 N–H and O–H groups in total. The van der Waals surface area contributed by atoms with Gasteiger partial charge in [-0.05, 0) is 43.3 Å². The summed E-state index contributed by atoms with van der Waals surface area (Å²) >= 11 is 0. The molecule has 0 amide bonds. The van der Waals surface area contributed by atoms with Crippen LogP contribution in [0, 0.1) is 12.7 Å². The normalized spacial score (nSPS) is 24.0. The van der Waals surface area contributed by atoms with Gasteiger partial charge in [-0.2, -0.15) is 5.10 Å². The van der Waals surface area contributed by atoms with Crippen LogP contribution in [-0.4, -0.2) is 52.3 Å². The second-order valence-corrected chi connectivity index (χ2v) is 8.27. The van der Waals surface area contributed by atoms with Gasteiger partial charge < -0.3 is 16.0 Å². The predicted octanol–water partition coefficient (Wildman–Crippen LogP) is 1.63. The van der Waals surface area contributed by atoms with E-state index in [0.29, 0.717) is 23.7 Å². The van der Waals surface area contributed by atoms with Crippen molar-refractivity contribution in [3.8, 4) is 5.69 Å². The van der Waals surface area contributed by atoms with Crippen LogP contribution in [0.1, 0.15) is 17.3 Å². The molecule has 0 spiro atoms. The molecule has 2 aliphatic heterocycles. The second-order valence-electron chi connectivity index (χ2n) is 8.27. The molecule has 0 aliphatic carbocycles. The van der Waals surface area contributed by atoms with Gasteiger partial charge in [0.15, 0.2) is 5.82 Å². The Balaban J connectivity index is 1.62. The lowest BCUT2D eigenvalue weighted by Crippen LogP contribution is -2.65. The molecule has 166 valence electrons. The van der Waals surface area contributed by atoms with E-state index in [-0.39, 0.29) is 12.1 Å². The minimum Gasteiger partial charge on any atom is -0.315 e. The van der Waals surface area contributed by atoms with Crippen molar-refractivity contribution in [1.29, 1.82) is 0 Å². The van der Waals surface area contributed by atoms with Crippen LogP contribution in [0.25, 0.3) is 5.69 Å². The molecule has 32 heavy (non-hydrogen) atoms. The van der Waals surface area contributed by atoms with E-state index in [9.17, 15) is 0 Å². The zero-order chi connectivity index (χ0) is 22.4. The summed E-state index contributed by atoms with van der Waals surface area (Å²) in [5.74, 6) is 0.230. The number of nitrogens with two attached hydrogens (primary N) is 2. The molecule has 0 bridgehead atoms. The number of anilines is 1. The van der Waals surface area contributed by atoms with E-state index in [2.05, 4.69) is 27.5 Å². The van der Waals surface area contributed by atoms with Crippen molar-refractivity contribution in [1.82, 2.24) is 25.0 Å². The Morgan fingerprint density at radius 1 is 1.12 bits per heavy atom. The molecule has 5 rings (SSSR count). The highest BCUT2D eigenvalue weighted by molar-refractivity contribution is 5.61. The van der Waals surface area contributed by atoms with E-state index in [1.165, 1.54) is 17.1 Å². The number of likely N-dealkylation sites (N-methyl/N-ethyl adjacent to an activating group) is 1. The first-order valence-electron chi connectivity index (χ1n) is 10.6. The van der Waals surface area contributed by atoms with Gasteiger partial charge in [0, 0.05) is 30.4 Å². The largest absolute Gasteiger partial charge is 0.315 e. The summed E-state index contributed by atoms with van der Waals surface area (Å²) in [6.45, 7) is 3.18. The Morgan fingerprint density at radius 2 is 1.91 bits per heavy atom. The second kappa shape index (κ2) is 8.10. The van der Waals surface area contributed by atoms with E-state index < -0.39 is 12.1 Å². The van der Waals surface area contributed by atoms with Gasteiger partial charge in [-0.1, -0.05) is 30.3 Å². The molecule has 9 heteroatoms. The molecule has 0 saturated carbocycles. The third kappa shape index (κ3) is 3.39. The molecule has 3 heterocycles. The fraction of sp³-hybridized carbons (Fsp3) is 0.304. The number of aryl methyl sites for hydroxylation is 1. The van der Waals surface area contributed by atoms with Crippen molar-refractivity contribution in [2.75, 3.05) is 25.0 Å². The van der Waals surface area contributed by atoms with E-state index in [1.54, 1.807) is 13.0 Å². The lowest BCUT2D eigenvalue weighted by atomic mass is 9.86. The molecule has 0 fully saturated rings. The summed E-state index contributed by atoms with van der Waals surface area (Å²) in [6.07, 6.45) is 0.649. The van der Waals surface area contributed by atoms with Crippen molar-refractivity contribution < 1.29 is 4.39 Å². The summed E-state index contributed by atoms with van der Waals surface area (Å²) < 4.78 is 16.7. The summed E-state index contributed by atoms with van der Waals surface area (Å²) in [5.41, 5.74) is 17.5. The maximum absolute atomic E-state index is 15.2. The minimum absolute atomic E-state index is 0.0476. The maximum Gasteiger partial charge on any atom is 0.150 e. The highest BCUT2D eigenvalue weighted by Crippen LogP contribution is 2.40. The Labute approximate surface area is 186 Å². The van der Waals surface area contributed by atoms with E-state index >= 15 is 4.39 Å². The Morgan fingerprint density at radius 3 is 2.59 bits per heavy atom. The molecule has 2 aliphatic rings. The van der Waals surface area contributed by atoms with Gasteiger partial charge in [0.05, 0.1) is 6.17 Å². The summed E-state index contributed by atoms with van der Waals surface area (Å²) in [6, 6.07) is 15.3. The van der Waals surface area contributed by atoms with Crippen LogP contribution in [0.2, 0.25) is 0 Å². The first kappa shape index (κ1) is 20.8. The number of halogens is 1. The zero-order valence-corrected chi connectivity index (χ0v) is 18.1. The molecule has 3 unspecified atom stereocenters. The standard InChI is InChI=1S/C23H27FN8/c1-14-28-13-31(29-14)20-9-8-16(10-19(20)24)32-21-17(15-6-4-3-5-7-15)11-27-12-18(21)22(25)30(2)23(32)26/h3-10,13,17,22-23,27H,11-12,25-26H2,1-2H3. The first-order chi connectivity index (χ1) is 15.5. The Bertz CT molecular complexity index is 1160. The summed E-state index contributed by atoms with van der Waals surface area (Å²) in [5, 5.41) is 7.71. The Hall–Kier alpha value is -3.11. The van der Waals surface area contributed by atoms with E-state index in [1.807, 2.05) is 41.1 Å². The highest BCUT2D eigenvalue weighted by Gasteiger charge is 2.41. The molecule has 0 radical (unpaired) electrons. The van der Waals surface area contributed by atoms with Crippen molar-refractivity contribution in [2.45, 2.75) is 25.3 Å². The fourth-order valence-electron chi connectivity index (χ4n) is 4.62. The third-order valence-electron chi connectivity index (χ3n) is 6.32. The average molecular weight is 435 g/mol. The van der Waals surface area contributed by atoms with Gasteiger partial charge in [-0.15, -0.1) is 0 Å². The lowest BCUT2D eigenvalue weighted by molar-refractivity contribution is 0.175. The number of hydrogen-bond donors (Lipinski definition) is 3. The molecule has 2 aromatic carbocycles. The number of benzene rings is 2. The van der Waals surface area contributed by atoms with Crippen LogP contribution in [0.3, 0.4) is 0 Å². The molecule has 3 atom stereocenters. The monoisotopic (exact) mass is 434 g/mol. The number of aromatic nitrogens is 3. The van der Waals surface area contributed by atoms with Crippen molar-refractivity contribution >= 4 is 5.69 Å². The lowest BCUT2D eigenvalue weighted by Gasteiger charge is -2.50. The molecule has 3 aromatic rings. The van der Waals surface area contributed by atoms with Crippen molar-refractivity contribution in [3.05, 3.63) is 83.3 Å². The molecule has 1 aromatic heterocycles. The molecule has 8 nitrogen and oxygen atoms in total. The van der Waals surface area contributed by atoms with Gasteiger partial charge in [-0.25, -0.2) is 14.1 Å². The zero-order valence-electron chi connectivity index (χ0n) is 18.1. The van der Waals surface area contributed by atoms with Crippen LogP contribution >= 0.6 is 0 Å². The van der Waals surface area contributed by atoms with E-state index in [0.717, 1.165) is 23.4 Å². The van der Waals surface area contributed by atoms with Crippen LogP contribution in [0.4, 0.5) is 10.1 Å². The van der Waals surface area contributed by atoms with Gasteiger partial charge in [0.2, 0.25) is 0 Å². The molecular formula is C23H27FN8.